The molecular weight excluding hydrogens is 240 g/mol. The number of benzene rings is 1. The van der Waals surface area contributed by atoms with Crippen molar-refractivity contribution in [3.8, 4) is 5.75 Å². The van der Waals surface area contributed by atoms with E-state index in [1.165, 1.54) is 0 Å². The summed E-state index contributed by atoms with van der Waals surface area (Å²) in [5.74, 6) is -0.0756. The molecule has 0 heterocycles. The Labute approximate surface area is 106 Å². The molecule has 0 spiro atoms. The normalized spacial score (nSPS) is 10.3. The molecule has 0 aromatic heterocycles. The number of carbonyl (C=O) groups is 1. The van der Waals surface area contributed by atoms with Gasteiger partial charge in [0.1, 0.15) is 5.75 Å². The minimum atomic E-state index is -0.764. The molecule has 0 amide bonds. The van der Waals surface area contributed by atoms with Gasteiger partial charge in [-0.05, 0) is 49.9 Å². The second-order valence-corrected chi connectivity index (χ2v) is 4.30. The van der Waals surface area contributed by atoms with Crippen LogP contribution in [0.25, 0.3) is 0 Å². The zero-order valence-electron chi connectivity index (χ0n) is 10.1. The second-order valence-electron chi connectivity index (χ2n) is 3.89. The molecule has 0 saturated carbocycles. The maximum absolute atomic E-state index is 10.4. The third-order valence-electron chi connectivity index (χ3n) is 2.53. The van der Waals surface area contributed by atoms with Gasteiger partial charge in [0.2, 0.25) is 0 Å². The van der Waals surface area contributed by atoms with Gasteiger partial charge < -0.3 is 9.84 Å². The van der Waals surface area contributed by atoms with Crippen molar-refractivity contribution in [2.75, 3.05) is 6.61 Å². The molecule has 1 rings (SSSR count). The third kappa shape index (κ3) is 4.27. The van der Waals surface area contributed by atoms with Crippen LogP contribution in [-0.2, 0) is 11.2 Å². The second kappa shape index (κ2) is 6.50. The van der Waals surface area contributed by atoms with Gasteiger partial charge in [-0.3, -0.25) is 4.79 Å². The molecule has 1 N–H and O–H groups in total. The Hall–Kier alpha value is -1.22. The van der Waals surface area contributed by atoms with Crippen molar-refractivity contribution in [1.29, 1.82) is 0 Å². The fourth-order valence-electron chi connectivity index (χ4n) is 1.66. The van der Waals surface area contributed by atoms with Crippen LogP contribution in [0.3, 0.4) is 0 Å². The number of aliphatic carboxylic acids is 1. The monoisotopic (exact) mass is 256 g/mol. The van der Waals surface area contributed by atoms with Crippen molar-refractivity contribution in [2.24, 2.45) is 0 Å². The van der Waals surface area contributed by atoms with E-state index in [1.807, 2.05) is 26.0 Å². The molecule has 0 aliphatic carbocycles. The fourth-order valence-corrected chi connectivity index (χ4v) is 1.90. The summed E-state index contributed by atoms with van der Waals surface area (Å²) in [6, 6.07) is 3.77. The topological polar surface area (TPSA) is 46.5 Å². The van der Waals surface area contributed by atoms with Gasteiger partial charge >= 0.3 is 5.97 Å². The number of carboxylic acids is 1. The highest BCUT2D eigenvalue weighted by Crippen LogP contribution is 2.28. The van der Waals surface area contributed by atoms with Crippen LogP contribution in [0.1, 0.15) is 30.9 Å². The van der Waals surface area contributed by atoms with Gasteiger partial charge in [0, 0.05) is 6.42 Å². The molecule has 0 unspecified atom stereocenters. The third-order valence-corrected chi connectivity index (χ3v) is 2.82. The van der Waals surface area contributed by atoms with Crippen LogP contribution in [0.5, 0.6) is 5.75 Å². The standard InChI is InChI=1S/C13H17ClO3/c1-3-17-12-7-9(2)10(8-11(12)14)5-4-6-13(15)16/h7-8H,3-6H2,1-2H3,(H,15,16). The van der Waals surface area contributed by atoms with Crippen molar-refractivity contribution in [2.45, 2.75) is 33.1 Å². The Morgan fingerprint density at radius 3 is 2.76 bits per heavy atom. The summed E-state index contributed by atoms with van der Waals surface area (Å²) in [7, 11) is 0. The van der Waals surface area contributed by atoms with Crippen LogP contribution in [0.4, 0.5) is 0 Å². The smallest absolute Gasteiger partial charge is 0.303 e. The highest BCUT2D eigenvalue weighted by molar-refractivity contribution is 6.32. The largest absolute Gasteiger partial charge is 0.492 e. The van der Waals surface area contributed by atoms with Crippen LogP contribution < -0.4 is 4.74 Å². The van der Waals surface area contributed by atoms with Crippen LogP contribution in [0, 0.1) is 6.92 Å². The zero-order chi connectivity index (χ0) is 12.8. The van der Waals surface area contributed by atoms with Crippen molar-refractivity contribution in [3.05, 3.63) is 28.3 Å². The van der Waals surface area contributed by atoms with E-state index >= 15 is 0 Å². The molecule has 0 aliphatic rings. The lowest BCUT2D eigenvalue weighted by atomic mass is 10.0. The zero-order valence-corrected chi connectivity index (χ0v) is 10.9. The van der Waals surface area contributed by atoms with Crippen LogP contribution in [-0.4, -0.2) is 17.7 Å². The summed E-state index contributed by atoms with van der Waals surface area (Å²) in [4.78, 5) is 10.4. The molecule has 17 heavy (non-hydrogen) atoms. The van der Waals surface area contributed by atoms with Gasteiger partial charge in [-0.15, -0.1) is 0 Å². The van der Waals surface area contributed by atoms with E-state index in [4.69, 9.17) is 21.4 Å². The number of halogens is 1. The van der Waals surface area contributed by atoms with Crippen LogP contribution >= 0.6 is 11.6 Å². The quantitative estimate of drug-likeness (QED) is 0.848. The van der Waals surface area contributed by atoms with Crippen molar-refractivity contribution < 1.29 is 14.6 Å². The van der Waals surface area contributed by atoms with E-state index in [0.717, 1.165) is 17.5 Å². The lowest BCUT2D eigenvalue weighted by Gasteiger charge is -2.11. The minimum Gasteiger partial charge on any atom is -0.492 e. The Morgan fingerprint density at radius 1 is 1.47 bits per heavy atom. The van der Waals surface area contributed by atoms with E-state index in [-0.39, 0.29) is 6.42 Å². The number of carboxylic acid groups (broad SMARTS) is 1. The molecule has 3 nitrogen and oxygen atoms in total. The van der Waals surface area contributed by atoms with Gasteiger partial charge in [0.05, 0.1) is 11.6 Å². The molecule has 1 aromatic rings. The van der Waals surface area contributed by atoms with Crippen LogP contribution in [0.15, 0.2) is 12.1 Å². The fraction of sp³-hybridized carbons (Fsp3) is 0.462. The number of rotatable bonds is 6. The van der Waals surface area contributed by atoms with Gasteiger partial charge in [0.25, 0.3) is 0 Å². The summed E-state index contributed by atoms with van der Waals surface area (Å²) in [5, 5.41) is 9.17. The Morgan fingerprint density at radius 2 is 2.18 bits per heavy atom. The van der Waals surface area contributed by atoms with Gasteiger partial charge in [-0.2, -0.15) is 0 Å². The first-order chi connectivity index (χ1) is 8.04. The highest BCUT2D eigenvalue weighted by Gasteiger charge is 2.07. The first-order valence-electron chi connectivity index (χ1n) is 5.68. The highest BCUT2D eigenvalue weighted by atomic mass is 35.5. The molecule has 0 fully saturated rings. The van der Waals surface area contributed by atoms with Crippen LogP contribution in [0.2, 0.25) is 5.02 Å². The molecule has 0 radical (unpaired) electrons. The lowest BCUT2D eigenvalue weighted by molar-refractivity contribution is -0.137. The number of ether oxygens (including phenoxy) is 1. The van der Waals surface area contributed by atoms with Gasteiger partial charge in [-0.25, -0.2) is 0 Å². The first-order valence-corrected chi connectivity index (χ1v) is 6.06. The Kier molecular flexibility index (Phi) is 5.29. The van der Waals surface area contributed by atoms with E-state index in [2.05, 4.69) is 0 Å². The number of aryl methyl sites for hydroxylation is 2. The van der Waals surface area contributed by atoms with E-state index < -0.39 is 5.97 Å². The van der Waals surface area contributed by atoms with Gasteiger partial charge in [-0.1, -0.05) is 11.6 Å². The van der Waals surface area contributed by atoms with Crippen molar-refractivity contribution in [1.82, 2.24) is 0 Å². The Balaban J connectivity index is 2.73. The van der Waals surface area contributed by atoms with Crippen molar-refractivity contribution in [3.63, 3.8) is 0 Å². The molecule has 0 aliphatic heterocycles. The van der Waals surface area contributed by atoms with Gasteiger partial charge in [0.15, 0.2) is 0 Å². The van der Waals surface area contributed by atoms with E-state index in [0.29, 0.717) is 23.8 Å². The Bertz CT molecular complexity index is 402. The minimum absolute atomic E-state index is 0.185. The van der Waals surface area contributed by atoms with E-state index in [9.17, 15) is 4.79 Å². The molecule has 94 valence electrons. The average molecular weight is 257 g/mol. The van der Waals surface area contributed by atoms with E-state index in [1.54, 1.807) is 0 Å². The first kappa shape index (κ1) is 13.8. The summed E-state index contributed by atoms with van der Waals surface area (Å²) in [6.07, 6.45) is 1.54. The maximum atomic E-state index is 10.4. The molecule has 1 aromatic carbocycles. The lowest BCUT2D eigenvalue weighted by Crippen LogP contribution is -1.99. The summed E-state index contributed by atoms with van der Waals surface area (Å²) in [5.41, 5.74) is 2.17. The molecule has 0 atom stereocenters. The van der Waals surface area contributed by atoms with Crippen molar-refractivity contribution >= 4 is 17.6 Å². The predicted octanol–water partition coefficient (Wildman–Crippen LogP) is 3.45. The SMILES string of the molecule is CCOc1cc(C)c(CCCC(=O)O)cc1Cl. The molecular formula is C13H17ClO3. The summed E-state index contributed by atoms with van der Waals surface area (Å²) in [6.45, 7) is 4.47. The maximum Gasteiger partial charge on any atom is 0.303 e. The summed E-state index contributed by atoms with van der Waals surface area (Å²) < 4.78 is 5.39. The average Bonchev–Trinajstić information content (AvgIpc) is 2.24. The molecule has 4 heteroatoms. The molecule has 0 bridgehead atoms. The summed E-state index contributed by atoms with van der Waals surface area (Å²) >= 11 is 6.08. The predicted molar refractivity (Wildman–Crippen MR) is 67.9 cm³/mol. The molecule has 0 saturated heterocycles. The number of hydrogen-bond donors (Lipinski definition) is 1. The number of hydrogen-bond acceptors (Lipinski definition) is 2.